The lowest BCUT2D eigenvalue weighted by Gasteiger charge is -1.96. The Morgan fingerprint density at radius 1 is 1.08 bits per heavy atom. The normalized spacial score (nSPS) is 18.0. The first-order chi connectivity index (χ1) is 6.45. The van der Waals surface area contributed by atoms with Crippen molar-refractivity contribution in [3.8, 4) is 0 Å². The van der Waals surface area contributed by atoms with Gasteiger partial charge in [0.05, 0.1) is 0 Å². The Labute approximate surface area is 78.3 Å². The van der Waals surface area contributed by atoms with Gasteiger partial charge in [0.15, 0.2) is 19.0 Å². The summed E-state index contributed by atoms with van der Waals surface area (Å²) in [7, 11) is 0. The Morgan fingerprint density at radius 3 is 2.62 bits per heavy atom. The van der Waals surface area contributed by atoms with Crippen molar-refractivity contribution in [3.05, 3.63) is 60.3 Å². The van der Waals surface area contributed by atoms with Crippen LogP contribution in [0.2, 0.25) is 0 Å². The summed E-state index contributed by atoms with van der Waals surface area (Å²) in [6, 6.07) is 10.3. The summed E-state index contributed by atoms with van der Waals surface area (Å²) in [6.07, 6.45) is 10.5. The molecule has 0 saturated heterocycles. The second-order valence-corrected chi connectivity index (χ2v) is 3.01. The third-order valence-electron chi connectivity index (χ3n) is 1.96. The first-order valence-corrected chi connectivity index (χ1v) is 4.44. The first-order valence-electron chi connectivity index (χ1n) is 4.44. The van der Waals surface area contributed by atoms with E-state index in [9.17, 15) is 0 Å². The van der Waals surface area contributed by atoms with Gasteiger partial charge >= 0.3 is 0 Å². The van der Waals surface area contributed by atoms with Crippen molar-refractivity contribution in [2.75, 3.05) is 6.54 Å². The quantitative estimate of drug-likeness (QED) is 0.568. The Morgan fingerprint density at radius 2 is 1.92 bits per heavy atom. The van der Waals surface area contributed by atoms with E-state index in [1.54, 1.807) is 0 Å². The van der Waals surface area contributed by atoms with Gasteiger partial charge in [-0.2, -0.15) is 0 Å². The highest BCUT2D eigenvalue weighted by molar-refractivity contribution is 5.75. The monoisotopic (exact) mass is 170 g/mol. The molecule has 0 aromatic heterocycles. The van der Waals surface area contributed by atoms with Crippen molar-refractivity contribution in [1.82, 2.24) is 0 Å². The maximum absolute atomic E-state index is 2.16. The largest absolute Gasteiger partial charge is 0.201 e. The summed E-state index contributed by atoms with van der Waals surface area (Å²) < 4.78 is 2.16. The second-order valence-electron chi connectivity index (χ2n) is 3.01. The van der Waals surface area contributed by atoms with Gasteiger partial charge in [-0.25, -0.2) is 4.58 Å². The van der Waals surface area contributed by atoms with Gasteiger partial charge in [0.1, 0.15) is 0 Å². The Bertz CT molecular complexity index is 358. The van der Waals surface area contributed by atoms with Crippen molar-refractivity contribution in [1.29, 1.82) is 0 Å². The van der Waals surface area contributed by atoms with Crippen LogP contribution in [0.1, 0.15) is 5.56 Å². The van der Waals surface area contributed by atoms with Crippen LogP contribution in [0, 0.1) is 0 Å². The van der Waals surface area contributed by atoms with Gasteiger partial charge in [0.25, 0.3) is 0 Å². The van der Waals surface area contributed by atoms with Crippen LogP contribution in [0.3, 0.4) is 0 Å². The predicted molar refractivity (Wildman–Crippen MR) is 55.0 cm³/mol. The standard InChI is InChI=1S/C12H12N/c1-3-7-12(8-4-1)11-13-9-5-2-6-10-13/h1-9,11H,10H2/q+1. The molecule has 1 nitrogen and oxygen atoms in total. The van der Waals surface area contributed by atoms with Gasteiger partial charge in [-0.3, -0.25) is 0 Å². The van der Waals surface area contributed by atoms with Crippen LogP contribution >= 0.6 is 0 Å². The van der Waals surface area contributed by atoms with Gasteiger partial charge in [-0.05, 0) is 18.2 Å². The van der Waals surface area contributed by atoms with E-state index in [1.165, 1.54) is 5.56 Å². The molecule has 0 atom stereocenters. The minimum Gasteiger partial charge on any atom is -0.201 e. The van der Waals surface area contributed by atoms with Crippen molar-refractivity contribution in [2.45, 2.75) is 0 Å². The highest BCUT2D eigenvalue weighted by Crippen LogP contribution is 1.96. The van der Waals surface area contributed by atoms with E-state index >= 15 is 0 Å². The third-order valence-corrected chi connectivity index (χ3v) is 1.96. The Balaban J connectivity index is 2.21. The van der Waals surface area contributed by atoms with Gasteiger partial charge in [-0.1, -0.05) is 24.3 Å². The molecular weight excluding hydrogens is 158 g/mol. The summed E-state index contributed by atoms with van der Waals surface area (Å²) in [4.78, 5) is 0. The molecule has 0 radical (unpaired) electrons. The predicted octanol–water partition coefficient (Wildman–Crippen LogP) is 2.20. The summed E-state index contributed by atoms with van der Waals surface area (Å²) in [6.45, 7) is 0.964. The fourth-order valence-corrected chi connectivity index (χ4v) is 1.31. The van der Waals surface area contributed by atoms with E-state index in [1.807, 2.05) is 12.1 Å². The van der Waals surface area contributed by atoms with Crippen molar-refractivity contribution < 1.29 is 4.58 Å². The molecule has 0 unspecified atom stereocenters. The van der Waals surface area contributed by atoms with Crippen molar-refractivity contribution in [2.24, 2.45) is 0 Å². The molecule has 1 heteroatoms. The van der Waals surface area contributed by atoms with E-state index in [0.29, 0.717) is 0 Å². The maximum atomic E-state index is 2.16. The van der Waals surface area contributed by atoms with E-state index in [-0.39, 0.29) is 0 Å². The molecule has 1 aliphatic rings. The molecule has 0 spiro atoms. The molecular formula is C12H12N+. The minimum absolute atomic E-state index is 0.964. The molecule has 13 heavy (non-hydrogen) atoms. The highest BCUT2D eigenvalue weighted by Gasteiger charge is 1.99. The molecule has 1 heterocycles. The lowest BCUT2D eigenvalue weighted by molar-refractivity contribution is -0.440. The number of hydrogen-bond donors (Lipinski definition) is 0. The number of nitrogens with zero attached hydrogens (tertiary/aromatic N) is 1. The summed E-state index contributed by atoms with van der Waals surface area (Å²) in [5.41, 5.74) is 1.24. The zero-order valence-corrected chi connectivity index (χ0v) is 7.43. The average molecular weight is 170 g/mol. The van der Waals surface area contributed by atoms with Crippen LogP contribution in [0.25, 0.3) is 0 Å². The van der Waals surface area contributed by atoms with E-state index in [4.69, 9.17) is 0 Å². The van der Waals surface area contributed by atoms with E-state index in [0.717, 1.165) is 6.54 Å². The molecule has 0 aliphatic carbocycles. The smallest absolute Gasteiger partial charge is 0.176 e. The Kier molecular flexibility index (Phi) is 2.37. The average Bonchev–Trinajstić information content (AvgIpc) is 2.21. The van der Waals surface area contributed by atoms with E-state index in [2.05, 4.69) is 53.4 Å². The summed E-state index contributed by atoms with van der Waals surface area (Å²) in [5, 5.41) is 0. The lowest BCUT2D eigenvalue weighted by atomic mass is 10.2. The van der Waals surface area contributed by atoms with E-state index < -0.39 is 0 Å². The maximum Gasteiger partial charge on any atom is 0.176 e. The molecule has 0 N–H and O–H groups in total. The number of allylic oxidation sites excluding steroid dienone is 2. The van der Waals surface area contributed by atoms with Crippen LogP contribution < -0.4 is 0 Å². The molecule has 1 aliphatic heterocycles. The number of rotatable bonds is 1. The fraction of sp³-hybridized carbons (Fsp3) is 0.0833. The molecule has 64 valence electrons. The molecule has 1 aromatic rings. The topological polar surface area (TPSA) is 3.01 Å². The summed E-state index contributed by atoms with van der Waals surface area (Å²) in [5.74, 6) is 0. The molecule has 0 bridgehead atoms. The lowest BCUT2D eigenvalue weighted by Crippen LogP contribution is -2.08. The van der Waals surface area contributed by atoms with Crippen LogP contribution in [-0.4, -0.2) is 17.3 Å². The fourth-order valence-electron chi connectivity index (χ4n) is 1.31. The summed E-state index contributed by atoms with van der Waals surface area (Å²) >= 11 is 0. The minimum atomic E-state index is 0.964. The molecule has 2 rings (SSSR count). The second kappa shape index (κ2) is 3.85. The van der Waals surface area contributed by atoms with Crippen LogP contribution in [-0.2, 0) is 0 Å². The van der Waals surface area contributed by atoms with Crippen molar-refractivity contribution >= 4 is 6.21 Å². The van der Waals surface area contributed by atoms with Gasteiger partial charge in [-0.15, -0.1) is 0 Å². The van der Waals surface area contributed by atoms with Crippen LogP contribution in [0.15, 0.2) is 54.8 Å². The van der Waals surface area contributed by atoms with Gasteiger partial charge in [0.2, 0.25) is 0 Å². The highest BCUT2D eigenvalue weighted by atomic mass is 15.0. The van der Waals surface area contributed by atoms with Gasteiger partial charge in [0, 0.05) is 11.6 Å². The van der Waals surface area contributed by atoms with Gasteiger partial charge < -0.3 is 0 Å². The van der Waals surface area contributed by atoms with Crippen LogP contribution in [0.5, 0.6) is 0 Å². The van der Waals surface area contributed by atoms with Crippen LogP contribution in [0.4, 0.5) is 0 Å². The first kappa shape index (κ1) is 7.99. The molecule has 1 aromatic carbocycles. The SMILES string of the molecule is C1=CC[N+](=Cc2ccccc2)C=C1. The molecule has 0 amide bonds. The Hall–Kier alpha value is -1.63. The third kappa shape index (κ3) is 2.15. The zero-order valence-electron chi connectivity index (χ0n) is 7.43. The zero-order chi connectivity index (χ0) is 8.93. The molecule has 0 fully saturated rings. The number of hydrogen-bond acceptors (Lipinski definition) is 0. The van der Waals surface area contributed by atoms with Crippen molar-refractivity contribution in [3.63, 3.8) is 0 Å². The number of benzene rings is 1. The molecule has 0 saturated carbocycles.